The molecule has 0 spiro atoms. The minimum absolute atomic E-state index is 0.00202. The number of imide groups is 1. The average molecular weight is 475 g/mol. The Morgan fingerprint density at radius 1 is 1.06 bits per heavy atom. The van der Waals surface area contributed by atoms with Crippen molar-refractivity contribution in [1.82, 2.24) is 14.9 Å². The van der Waals surface area contributed by atoms with E-state index in [1.807, 2.05) is 19.9 Å². The Morgan fingerprint density at radius 2 is 1.74 bits per heavy atom. The second-order valence-electron chi connectivity index (χ2n) is 7.93. The summed E-state index contributed by atoms with van der Waals surface area (Å²) < 4.78 is 5.65. The second kappa shape index (κ2) is 9.67. The van der Waals surface area contributed by atoms with Gasteiger partial charge in [0.2, 0.25) is 5.91 Å². The van der Waals surface area contributed by atoms with Crippen molar-refractivity contribution in [3.63, 3.8) is 0 Å². The minimum atomic E-state index is -0.721. The first-order chi connectivity index (χ1) is 16.7. The third-order valence-corrected chi connectivity index (χ3v) is 5.27. The van der Waals surface area contributed by atoms with E-state index in [9.17, 15) is 24.5 Å². The number of benzene rings is 2. The Kier molecular flexibility index (Phi) is 6.49. The highest BCUT2D eigenvalue weighted by atomic mass is 16.6. The van der Waals surface area contributed by atoms with Crippen LogP contribution in [-0.2, 0) is 4.79 Å². The van der Waals surface area contributed by atoms with E-state index in [0.717, 1.165) is 16.3 Å². The van der Waals surface area contributed by atoms with Crippen LogP contribution in [0.15, 0.2) is 48.5 Å². The summed E-state index contributed by atoms with van der Waals surface area (Å²) in [6, 6.07) is 12.7. The van der Waals surface area contributed by atoms with E-state index < -0.39 is 22.4 Å². The van der Waals surface area contributed by atoms with E-state index in [0.29, 0.717) is 11.4 Å². The third kappa shape index (κ3) is 5.13. The first-order valence-electron chi connectivity index (χ1n) is 10.8. The van der Waals surface area contributed by atoms with Gasteiger partial charge in [0.1, 0.15) is 11.3 Å². The Hall–Kier alpha value is -4.67. The van der Waals surface area contributed by atoms with Crippen LogP contribution in [0, 0.1) is 24.0 Å². The lowest BCUT2D eigenvalue weighted by Crippen LogP contribution is -2.31. The SMILES string of the molecule is Cc1cc(C)nc(Oc2ccc(NC(=O)CCCN3C(=O)c4cccc([N+](=O)[O-])c4C3=O)cc2)n1. The lowest BCUT2D eigenvalue weighted by atomic mass is 10.1. The molecule has 0 unspecified atom stereocenters. The molecule has 11 nitrogen and oxygen atoms in total. The molecule has 2 heterocycles. The monoisotopic (exact) mass is 475 g/mol. The number of hydrogen-bond donors (Lipinski definition) is 1. The zero-order valence-electron chi connectivity index (χ0n) is 19.0. The summed E-state index contributed by atoms with van der Waals surface area (Å²) in [5, 5.41) is 13.9. The Bertz CT molecular complexity index is 1320. The summed E-state index contributed by atoms with van der Waals surface area (Å²) in [5.41, 5.74) is 1.51. The van der Waals surface area contributed by atoms with Gasteiger partial charge in [-0.1, -0.05) is 6.07 Å². The molecule has 0 bridgehead atoms. The molecule has 0 saturated heterocycles. The molecule has 3 amide bonds. The third-order valence-electron chi connectivity index (χ3n) is 5.27. The van der Waals surface area contributed by atoms with Crippen LogP contribution < -0.4 is 10.1 Å². The van der Waals surface area contributed by atoms with Gasteiger partial charge in [-0.15, -0.1) is 0 Å². The second-order valence-corrected chi connectivity index (χ2v) is 7.93. The highest BCUT2D eigenvalue weighted by molar-refractivity contribution is 6.23. The molecule has 35 heavy (non-hydrogen) atoms. The number of rotatable bonds is 8. The fourth-order valence-electron chi connectivity index (χ4n) is 3.74. The summed E-state index contributed by atoms with van der Waals surface area (Å²) in [4.78, 5) is 57.3. The van der Waals surface area contributed by atoms with Gasteiger partial charge in [-0.3, -0.25) is 29.4 Å². The molecule has 2 aromatic carbocycles. The highest BCUT2D eigenvalue weighted by Gasteiger charge is 2.40. The topological polar surface area (TPSA) is 145 Å². The fraction of sp³-hybridized carbons (Fsp3) is 0.208. The number of anilines is 1. The lowest BCUT2D eigenvalue weighted by molar-refractivity contribution is -0.385. The van der Waals surface area contributed by atoms with Gasteiger partial charge in [-0.25, -0.2) is 9.97 Å². The van der Waals surface area contributed by atoms with Gasteiger partial charge in [0.05, 0.1) is 10.5 Å². The largest absolute Gasteiger partial charge is 0.424 e. The van der Waals surface area contributed by atoms with E-state index in [1.165, 1.54) is 18.2 Å². The van der Waals surface area contributed by atoms with Gasteiger partial charge < -0.3 is 10.1 Å². The normalized spacial score (nSPS) is 12.5. The van der Waals surface area contributed by atoms with Gasteiger partial charge in [-0.2, -0.15) is 0 Å². The van der Waals surface area contributed by atoms with Crippen molar-refractivity contribution in [3.8, 4) is 11.8 Å². The number of nitrogens with one attached hydrogen (secondary N) is 1. The number of carbonyl (C=O) groups excluding carboxylic acids is 3. The number of amides is 3. The summed E-state index contributed by atoms with van der Waals surface area (Å²) >= 11 is 0. The van der Waals surface area contributed by atoms with Crippen LogP contribution in [0.3, 0.4) is 0 Å². The summed E-state index contributed by atoms with van der Waals surface area (Å²) in [6.07, 6.45) is 0.250. The van der Waals surface area contributed by atoms with E-state index >= 15 is 0 Å². The molecular weight excluding hydrogens is 454 g/mol. The van der Waals surface area contributed by atoms with Gasteiger partial charge in [0.15, 0.2) is 0 Å². The molecule has 0 saturated carbocycles. The van der Waals surface area contributed by atoms with Crippen molar-refractivity contribution >= 4 is 29.1 Å². The van der Waals surface area contributed by atoms with Crippen molar-refractivity contribution in [2.45, 2.75) is 26.7 Å². The average Bonchev–Trinajstić information content (AvgIpc) is 3.04. The Morgan fingerprint density at radius 3 is 2.40 bits per heavy atom. The maximum atomic E-state index is 12.6. The number of nitrogens with zero attached hydrogens (tertiary/aromatic N) is 4. The van der Waals surface area contributed by atoms with E-state index in [4.69, 9.17) is 4.74 Å². The first kappa shape index (κ1) is 23.5. The number of fused-ring (bicyclic) bond motifs is 1. The molecule has 1 aliphatic rings. The Balaban J connectivity index is 1.30. The lowest BCUT2D eigenvalue weighted by Gasteiger charge is -2.13. The van der Waals surface area contributed by atoms with Crippen LogP contribution in [0.1, 0.15) is 44.9 Å². The molecule has 3 aromatic rings. The summed E-state index contributed by atoms with van der Waals surface area (Å²) in [7, 11) is 0. The zero-order valence-corrected chi connectivity index (χ0v) is 19.0. The number of aromatic nitrogens is 2. The van der Waals surface area contributed by atoms with Crippen LogP contribution in [0.25, 0.3) is 0 Å². The molecule has 4 rings (SSSR count). The number of nitro groups is 1. The molecule has 1 aliphatic heterocycles. The van der Waals surface area contributed by atoms with Gasteiger partial charge in [0.25, 0.3) is 17.5 Å². The zero-order chi connectivity index (χ0) is 25.1. The smallest absolute Gasteiger partial charge is 0.322 e. The van der Waals surface area contributed by atoms with Crippen LogP contribution >= 0.6 is 0 Å². The molecule has 0 atom stereocenters. The van der Waals surface area contributed by atoms with Crippen molar-refractivity contribution in [2.75, 3.05) is 11.9 Å². The standard InChI is InChI=1S/C24H21N5O6/c1-14-13-15(2)26-24(25-14)35-17-10-8-16(9-11-17)27-20(30)7-4-12-28-22(31)18-5-3-6-19(29(33)34)21(18)23(28)32/h3,5-6,8-11,13H,4,7,12H2,1-2H3,(H,27,30). The molecule has 0 radical (unpaired) electrons. The van der Waals surface area contributed by atoms with Crippen molar-refractivity contribution < 1.29 is 24.0 Å². The van der Waals surface area contributed by atoms with Crippen molar-refractivity contribution in [1.29, 1.82) is 0 Å². The quantitative estimate of drug-likeness (QED) is 0.294. The maximum absolute atomic E-state index is 12.6. The molecule has 178 valence electrons. The molecule has 1 N–H and O–H groups in total. The first-order valence-corrected chi connectivity index (χ1v) is 10.8. The fourth-order valence-corrected chi connectivity index (χ4v) is 3.74. The maximum Gasteiger partial charge on any atom is 0.322 e. The van der Waals surface area contributed by atoms with Crippen molar-refractivity contribution in [3.05, 3.63) is 81.2 Å². The van der Waals surface area contributed by atoms with Crippen LogP contribution in [0.2, 0.25) is 0 Å². The predicted octanol–water partition coefficient (Wildman–Crippen LogP) is 3.81. The van der Waals surface area contributed by atoms with E-state index in [-0.39, 0.29) is 42.4 Å². The molecule has 0 fully saturated rings. The number of aryl methyl sites for hydroxylation is 2. The minimum Gasteiger partial charge on any atom is -0.424 e. The van der Waals surface area contributed by atoms with Crippen LogP contribution in [0.4, 0.5) is 11.4 Å². The summed E-state index contributed by atoms with van der Waals surface area (Å²) in [6.45, 7) is 3.66. The number of nitro benzene ring substituents is 1. The van der Waals surface area contributed by atoms with Gasteiger partial charge in [0, 0.05) is 36.1 Å². The number of ether oxygens (including phenoxy) is 1. The number of hydrogen-bond acceptors (Lipinski definition) is 8. The van der Waals surface area contributed by atoms with Gasteiger partial charge >= 0.3 is 6.01 Å². The molecular formula is C24H21N5O6. The van der Waals surface area contributed by atoms with Crippen LogP contribution in [-0.4, -0.2) is 44.1 Å². The van der Waals surface area contributed by atoms with Crippen LogP contribution in [0.5, 0.6) is 11.8 Å². The summed E-state index contributed by atoms with van der Waals surface area (Å²) in [5.74, 6) is -1.12. The predicted molar refractivity (Wildman–Crippen MR) is 124 cm³/mol. The van der Waals surface area contributed by atoms with E-state index in [1.54, 1.807) is 24.3 Å². The molecule has 11 heteroatoms. The van der Waals surface area contributed by atoms with Crippen molar-refractivity contribution in [2.24, 2.45) is 0 Å². The Labute approximate surface area is 199 Å². The van der Waals surface area contributed by atoms with E-state index in [2.05, 4.69) is 15.3 Å². The highest BCUT2D eigenvalue weighted by Crippen LogP contribution is 2.31. The molecule has 0 aliphatic carbocycles. The number of carbonyl (C=O) groups is 3. The van der Waals surface area contributed by atoms with Gasteiger partial charge in [-0.05, 0) is 56.7 Å². The molecule has 1 aromatic heterocycles.